The van der Waals surface area contributed by atoms with Crippen molar-refractivity contribution in [2.24, 2.45) is 5.92 Å². The number of hydrogen-bond acceptors (Lipinski definition) is 3. The molecule has 2 amide bonds. The molecule has 0 spiro atoms. The van der Waals surface area contributed by atoms with E-state index in [1.807, 2.05) is 16.7 Å². The van der Waals surface area contributed by atoms with Crippen molar-refractivity contribution in [1.82, 2.24) is 10.2 Å². The number of carboxylic acid groups (broad SMARTS) is 1. The maximum absolute atomic E-state index is 12.0. The van der Waals surface area contributed by atoms with E-state index >= 15 is 0 Å². The summed E-state index contributed by atoms with van der Waals surface area (Å²) in [4.78, 5) is 24.6. The highest BCUT2D eigenvalue weighted by molar-refractivity contribution is 7.99. The Balaban J connectivity index is 1.82. The standard InChI is InChI=1S/C12H18N2O3S/c1-8-7-14(4-5-18-8)12(17)13-10-3-2-9(6-10)11(15)16/h2-3,8-10H,4-7H2,1H3,(H,13,17)(H,15,16). The summed E-state index contributed by atoms with van der Waals surface area (Å²) in [6.45, 7) is 3.63. The molecule has 1 aliphatic carbocycles. The zero-order chi connectivity index (χ0) is 13.1. The van der Waals surface area contributed by atoms with Gasteiger partial charge in [0.25, 0.3) is 0 Å². The summed E-state index contributed by atoms with van der Waals surface area (Å²) in [7, 11) is 0. The summed E-state index contributed by atoms with van der Waals surface area (Å²) >= 11 is 1.87. The number of carbonyl (C=O) groups excluding carboxylic acids is 1. The van der Waals surface area contributed by atoms with Crippen LogP contribution in [0.1, 0.15) is 13.3 Å². The van der Waals surface area contributed by atoms with Crippen molar-refractivity contribution < 1.29 is 14.7 Å². The molecule has 0 saturated carbocycles. The molecule has 0 aromatic heterocycles. The average molecular weight is 270 g/mol. The summed E-state index contributed by atoms with van der Waals surface area (Å²) in [5, 5.41) is 12.2. The van der Waals surface area contributed by atoms with E-state index in [-0.39, 0.29) is 12.1 Å². The van der Waals surface area contributed by atoms with Gasteiger partial charge in [0.15, 0.2) is 0 Å². The number of urea groups is 1. The third-order valence-electron chi connectivity index (χ3n) is 3.24. The van der Waals surface area contributed by atoms with Gasteiger partial charge in [0.1, 0.15) is 0 Å². The Morgan fingerprint density at radius 2 is 2.22 bits per heavy atom. The van der Waals surface area contributed by atoms with E-state index in [9.17, 15) is 9.59 Å². The first-order chi connectivity index (χ1) is 8.56. The molecule has 1 aliphatic heterocycles. The zero-order valence-electron chi connectivity index (χ0n) is 10.3. The quantitative estimate of drug-likeness (QED) is 0.739. The van der Waals surface area contributed by atoms with Gasteiger partial charge in [0, 0.05) is 24.1 Å². The number of carboxylic acids is 1. The summed E-state index contributed by atoms with van der Waals surface area (Å²) in [5.41, 5.74) is 0. The van der Waals surface area contributed by atoms with Crippen LogP contribution in [0, 0.1) is 5.92 Å². The van der Waals surface area contributed by atoms with Crippen molar-refractivity contribution in [3.63, 3.8) is 0 Å². The van der Waals surface area contributed by atoms with E-state index < -0.39 is 11.9 Å². The SMILES string of the molecule is CC1CN(C(=O)NC2C=CC(C(=O)O)C2)CCS1. The Morgan fingerprint density at radius 3 is 2.83 bits per heavy atom. The number of carbonyl (C=O) groups is 2. The highest BCUT2D eigenvalue weighted by Crippen LogP contribution is 2.20. The fourth-order valence-corrected chi connectivity index (χ4v) is 3.26. The van der Waals surface area contributed by atoms with Crippen LogP contribution >= 0.6 is 11.8 Å². The molecule has 0 aromatic rings. The Morgan fingerprint density at radius 1 is 1.44 bits per heavy atom. The molecule has 1 heterocycles. The van der Waals surface area contributed by atoms with Gasteiger partial charge in [0.05, 0.1) is 12.0 Å². The van der Waals surface area contributed by atoms with Crippen LogP contribution in [0.25, 0.3) is 0 Å². The lowest BCUT2D eigenvalue weighted by Crippen LogP contribution is -2.48. The van der Waals surface area contributed by atoms with Gasteiger partial charge >= 0.3 is 12.0 Å². The van der Waals surface area contributed by atoms with Crippen LogP contribution in [0.2, 0.25) is 0 Å². The van der Waals surface area contributed by atoms with Crippen molar-refractivity contribution in [2.45, 2.75) is 24.6 Å². The highest BCUT2D eigenvalue weighted by atomic mass is 32.2. The molecule has 3 atom stereocenters. The molecule has 2 rings (SSSR count). The van der Waals surface area contributed by atoms with E-state index in [4.69, 9.17) is 5.11 Å². The van der Waals surface area contributed by atoms with Crippen molar-refractivity contribution in [1.29, 1.82) is 0 Å². The number of hydrogen-bond donors (Lipinski definition) is 2. The van der Waals surface area contributed by atoms with Crippen LogP contribution in [0.5, 0.6) is 0 Å². The van der Waals surface area contributed by atoms with Gasteiger partial charge in [-0.05, 0) is 6.42 Å². The number of aliphatic carboxylic acids is 1. The highest BCUT2D eigenvalue weighted by Gasteiger charge is 2.28. The Hall–Kier alpha value is -1.17. The Bertz CT molecular complexity index is 372. The molecule has 0 aromatic carbocycles. The minimum absolute atomic E-state index is 0.0807. The monoisotopic (exact) mass is 270 g/mol. The number of rotatable bonds is 2. The van der Waals surface area contributed by atoms with Crippen molar-refractivity contribution in [3.05, 3.63) is 12.2 Å². The maximum atomic E-state index is 12.0. The van der Waals surface area contributed by atoms with Gasteiger partial charge in [-0.2, -0.15) is 11.8 Å². The van der Waals surface area contributed by atoms with E-state index in [1.165, 1.54) is 0 Å². The Kier molecular flexibility index (Phi) is 4.16. The topological polar surface area (TPSA) is 69.6 Å². The first-order valence-electron chi connectivity index (χ1n) is 6.14. The second kappa shape index (κ2) is 5.65. The molecule has 18 heavy (non-hydrogen) atoms. The minimum Gasteiger partial charge on any atom is -0.481 e. The number of amides is 2. The molecule has 100 valence electrons. The van der Waals surface area contributed by atoms with Crippen LogP contribution < -0.4 is 5.32 Å². The first-order valence-corrected chi connectivity index (χ1v) is 7.19. The number of nitrogens with one attached hydrogen (secondary N) is 1. The second-order valence-electron chi connectivity index (χ2n) is 4.75. The largest absolute Gasteiger partial charge is 0.481 e. The second-order valence-corrected chi connectivity index (χ2v) is 6.30. The van der Waals surface area contributed by atoms with Crippen molar-refractivity contribution >= 4 is 23.8 Å². The molecule has 0 radical (unpaired) electrons. The van der Waals surface area contributed by atoms with E-state index in [2.05, 4.69) is 12.2 Å². The Labute approximate surface area is 111 Å². The zero-order valence-corrected chi connectivity index (χ0v) is 11.2. The smallest absolute Gasteiger partial charge is 0.317 e. The third kappa shape index (κ3) is 3.19. The van der Waals surface area contributed by atoms with Gasteiger partial charge < -0.3 is 15.3 Å². The predicted octanol–water partition coefficient (Wildman–Crippen LogP) is 1.16. The molecule has 3 unspecified atom stereocenters. The van der Waals surface area contributed by atoms with Gasteiger partial charge in [-0.25, -0.2) is 4.79 Å². The van der Waals surface area contributed by atoms with Gasteiger partial charge in [-0.1, -0.05) is 19.1 Å². The molecule has 0 bridgehead atoms. The summed E-state index contributed by atoms with van der Waals surface area (Å²) in [6, 6.07) is -0.230. The lowest BCUT2D eigenvalue weighted by atomic mass is 10.1. The van der Waals surface area contributed by atoms with Crippen LogP contribution in [0.3, 0.4) is 0 Å². The molecular formula is C12H18N2O3S. The summed E-state index contributed by atoms with van der Waals surface area (Å²) < 4.78 is 0. The molecule has 6 heteroatoms. The average Bonchev–Trinajstić information content (AvgIpc) is 2.77. The van der Waals surface area contributed by atoms with Crippen LogP contribution in [0.4, 0.5) is 4.79 Å². The fourth-order valence-electron chi connectivity index (χ4n) is 2.24. The van der Waals surface area contributed by atoms with E-state index in [0.717, 1.165) is 18.8 Å². The van der Waals surface area contributed by atoms with E-state index in [0.29, 0.717) is 11.7 Å². The molecule has 1 fully saturated rings. The molecule has 2 N–H and O–H groups in total. The lowest BCUT2D eigenvalue weighted by molar-refractivity contribution is -0.140. The predicted molar refractivity (Wildman–Crippen MR) is 70.7 cm³/mol. The number of nitrogens with zero attached hydrogens (tertiary/aromatic N) is 1. The van der Waals surface area contributed by atoms with Gasteiger partial charge in [-0.15, -0.1) is 0 Å². The van der Waals surface area contributed by atoms with Crippen LogP contribution in [-0.4, -0.2) is 52.1 Å². The lowest BCUT2D eigenvalue weighted by Gasteiger charge is -2.31. The summed E-state index contributed by atoms with van der Waals surface area (Å²) in [5.74, 6) is -0.329. The maximum Gasteiger partial charge on any atom is 0.317 e. The van der Waals surface area contributed by atoms with Gasteiger partial charge in [-0.3, -0.25) is 4.79 Å². The van der Waals surface area contributed by atoms with Gasteiger partial charge in [0.2, 0.25) is 0 Å². The van der Waals surface area contributed by atoms with Crippen LogP contribution in [-0.2, 0) is 4.79 Å². The van der Waals surface area contributed by atoms with Crippen LogP contribution in [0.15, 0.2) is 12.2 Å². The molecule has 2 aliphatic rings. The third-order valence-corrected chi connectivity index (χ3v) is 4.37. The normalized spacial score (nSPS) is 31.4. The first kappa shape index (κ1) is 13.3. The molecule has 5 nitrogen and oxygen atoms in total. The minimum atomic E-state index is -0.828. The number of thioether (sulfide) groups is 1. The fraction of sp³-hybridized carbons (Fsp3) is 0.667. The summed E-state index contributed by atoms with van der Waals surface area (Å²) in [6.07, 6.45) is 3.89. The molecular weight excluding hydrogens is 252 g/mol. The molecule has 1 saturated heterocycles. The van der Waals surface area contributed by atoms with E-state index in [1.54, 1.807) is 12.2 Å². The van der Waals surface area contributed by atoms with Crippen molar-refractivity contribution in [3.8, 4) is 0 Å². The van der Waals surface area contributed by atoms with Crippen molar-refractivity contribution in [2.75, 3.05) is 18.8 Å².